The molecular formula is C21H19F4N3O3. The van der Waals surface area contributed by atoms with E-state index < -0.39 is 35.1 Å². The van der Waals surface area contributed by atoms with Gasteiger partial charge in [-0.25, -0.2) is 17.6 Å². The molecule has 1 fully saturated rings. The van der Waals surface area contributed by atoms with Crippen LogP contribution in [0.4, 0.5) is 17.6 Å². The average molecular weight is 437 g/mol. The Morgan fingerprint density at radius 3 is 1.68 bits per heavy atom. The molecule has 1 N–H and O–H groups in total. The molecule has 0 spiro atoms. The summed E-state index contributed by atoms with van der Waals surface area (Å²) in [5.74, 6) is -4.96. The third kappa shape index (κ3) is 5.80. The van der Waals surface area contributed by atoms with Crippen molar-refractivity contribution < 1.29 is 31.9 Å². The highest BCUT2D eigenvalue weighted by molar-refractivity contribution is 5.95. The van der Waals surface area contributed by atoms with Crippen LogP contribution >= 0.6 is 0 Å². The minimum Gasteiger partial charge on any atom is -0.352 e. The van der Waals surface area contributed by atoms with E-state index in [9.17, 15) is 31.9 Å². The summed E-state index contributed by atoms with van der Waals surface area (Å²) < 4.78 is 53.0. The Bertz CT molecular complexity index is 967. The topological polar surface area (TPSA) is 69.7 Å². The zero-order chi connectivity index (χ0) is 22.5. The number of rotatable bonds is 5. The molecule has 1 saturated heterocycles. The quantitative estimate of drug-likeness (QED) is 0.731. The second kappa shape index (κ2) is 9.59. The van der Waals surface area contributed by atoms with Gasteiger partial charge in [-0.2, -0.15) is 0 Å². The molecule has 10 heteroatoms. The lowest BCUT2D eigenvalue weighted by molar-refractivity contribution is -0.132. The van der Waals surface area contributed by atoms with Gasteiger partial charge in [0, 0.05) is 62.4 Å². The predicted molar refractivity (Wildman–Crippen MR) is 102 cm³/mol. The molecule has 0 atom stereocenters. The molecule has 2 aromatic carbocycles. The van der Waals surface area contributed by atoms with E-state index in [1.54, 1.807) is 0 Å². The van der Waals surface area contributed by atoms with Gasteiger partial charge in [0.1, 0.15) is 23.3 Å². The monoisotopic (exact) mass is 437 g/mol. The molecular weight excluding hydrogens is 418 g/mol. The maximum atomic E-state index is 13.3. The van der Waals surface area contributed by atoms with Crippen molar-refractivity contribution in [3.05, 3.63) is 70.8 Å². The first-order valence-corrected chi connectivity index (χ1v) is 9.50. The molecule has 0 saturated carbocycles. The van der Waals surface area contributed by atoms with Crippen molar-refractivity contribution in [3.63, 3.8) is 0 Å². The zero-order valence-electron chi connectivity index (χ0n) is 16.3. The van der Waals surface area contributed by atoms with E-state index in [-0.39, 0.29) is 56.2 Å². The SMILES string of the molecule is O=C(NCCC(=O)N1CCN(C(=O)c2cc(F)cc(F)c2)CC1)c1cc(F)cc(F)c1. The van der Waals surface area contributed by atoms with Gasteiger partial charge < -0.3 is 15.1 Å². The Morgan fingerprint density at radius 2 is 1.16 bits per heavy atom. The summed E-state index contributed by atoms with van der Waals surface area (Å²) in [6.07, 6.45) is -0.0351. The first-order chi connectivity index (χ1) is 14.7. The van der Waals surface area contributed by atoms with E-state index in [1.807, 2.05) is 0 Å². The number of nitrogens with zero attached hydrogens (tertiary/aromatic N) is 2. The van der Waals surface area contributed by atoms with Crippen molar-refractivity contribution in [2.24, 2.45) is 0 Å². The molecule has 2 aromatic rings. The van der Waals surface area contributed by atoms with Crippen LogP contribution in [-0.4, -0.2) is 60.2 Å². The Labute approximate surface area is 175 Å². The molecule has 6 nitrogen and oxygen atoms in total. The Morgan fingerprint density at radius 1 is 0.710 bits per heavy atom. The second-order valence-corrected chi connectivity index (χ2v) is 7.00. The van der Waals surface area contributed by atoms with Gasteiger partial charge in [-0.15, -0.1) is 0 Å². The first kappa shape index (κ1) is 22.3. The molecule has 164 valence electrons. The van der Waals surface area contributed by atoms with Gasteiger partial charge in [0.2, 0.25) is 5.91 Å². The van der Waals surface area contributed by atoms with Crippen LogP contribution in [-0.2, 0) is 4.79 Å². The van der Waals surface area contributed by atoms with Crippen LogP contribution in [0.3, 0.4) is 0 Å². The molecule has 0 radical (unpaired) electrons. The number of nitrogens with one attached hydrogen (secondary N) is 1. The average Bonchev–Trinajstić information content (AvgIpc) is 2.71. The first-order valence-electron chi connectivity index (χ1n) is 9.50. The van der Waals surface area contributed by atoms with Gasteiger partial charge in [-0.3, -0.25) is 14.4 Å². The lowest BCUT2D eigenvalue weighted by atomic mass is 10.1. The van der Waals surface area contributed by atoms with Crippen LogP contribution in [0.15, 0.2) is 36.4 Å². The fourth-order valence-electron chi connectivity index (χ4n) is 3.25. The van der Waals surface area contributed by atoms with Crippen LogP contribution in [0.1, 0.15) is 27.1 Å². The Balaban J connectivity index is 1.45. The minimum atomic E-state index is -0.880. The highest BCUT2D eigenvalue weighted by Gasteiger charge is 2.25. The fourth-order valence-corrected chi connectivity index (χ4v) is 3.25. The van der Waals surface area contributed by atoms with Gasteiger partial charge >= 0.3 is 0 Å². The van der Waals surface area contributed by atoms with Gasteiger partial charge in [-0.1, -0.05) is 0 Å². The van der Waals surface area contributed by atoms with E-state index in [2.05, 4.69) is 5.32 Å². The van der Waals surface area contributed by atoms with E-state index in [1.165, 1.54) is 9.80 Å². The summed E-state index contributed by atoms with van der Waals surface area (Å²) in [5.41, 5.74) is -0.292. The minimum absolute atomic E-state index is 0.0302. The largest absolute Gasteiger partial charge is 0.352 e. The van der Waals surface area contributed by atoms with Crippen LogP contribution in [0.25, 0.3) is 0 Å². The van der Waals surface area contributed by atoms with Gasteiger partial charge in [0.25, 0.3) is 11.8 Å². The number of hydrogen-bond donors (Lipinski definition) is 1. The van der Waals surface area contributed by atoms with Crippen molar-refractivity contribution in [2.45, 2.75) is 6.42 Å². The number of carbonyl (C=O) groups is 3. The fraction of sp³-hybridized carbons (Fsp3) is 0.286. The Kier molecular flexibility index (Phi) is 6.88. The lowest BCUT2D eigenvalue weighted by Gasteiger charge is -2.35. The highest BCUT2D eigenvalue weighted by atomic mass is 19.1. The maximum Gasteiger partial charge on any atom is 0.254 e. The highest BCUT2D eigenvalue weighted by Crippen LogP contribution is 2.13. The number of amides is 3. The van der Waals surface area contributed by atoms with Gasteiger partial charge in [0.15, 0.2) is 0 Å². The van der Waals surface area contributed by atoms with Crippen LogP contribution in [0.2, 0.25) is 0 Å². The van der Waals surface area contributed by atoms with E-state index >= 15 is 0 Å². The normalized spacial score (nSPS) is 13.8. The number of hydrogen-bond acceptors (Lipinski definition) is 3. The second-order valence-electron chi connectivity index (χ2n) is 7.00. The molecule has 3 rings (SSSR count). The molecule has 1 heterocycles. The smallest absolute Gasteiger partial charge is 0.254 e. The van der Waals surface area contributed by atoms with Crippen molar-refractivity contribution in [1.29, 1.82) is 0 Å². The summed E-state index contributed by atoms with van der Waals surface area (Å²) in [5, 5.41) is 2.43. The molecule has 1 aliphatic heterocycles. The predicted octanol–water partition coefficient (Wildman–Crippen LogP) is 2.35. The van der Waals surface area contributed by atoms with Crippen LogP contribution < -0.4 is 5.32 Å². The molecule has 0 bridgehead atoms. The zero-order valence-corrected chi connectivity index (χ0v) is 16.3. The van der Waals surface area contributed by atoms with E-state index in [0.29, 0.717) is 12.1 Å². The summed E-state index contributed by atoms with van der Waals surface area (Å²) in [4.78, 5) is 39.6. The lowest BCUT2D eigenvalue weighted by Crippen LogP contribution is -2.51. The Hall–Kier alpha value is -3.43. The molecule has 3 amide bonds. The molecule has 0 aliphatic carbocycles. The van der Waals surface area contributed by atoms with E-state index in [0.717, 1.165) is 24.3 Å². The molecule has 0 unspecified atom stereocenters. The van der Waals surface area contributed by atoms with Crippen molar-refractivity contribution in [2.75, 3.05) is 32.7 Å². The number of piperazine rings is 1. The number of carbonyl (C=O) groups excluding carboxylic acids is 3. The standard InChI is InChI=1S/C21H19F4N3O3/c22-15-7-13(8-16(23)11-15)20(30)26-2-1-19(29)27-3-5-28(6-4-27)21(31)14-9-17(24)12-18(25)10-14/h7-12H,1-6H2,(H,26,30). The molecule has 0 aromatic heterocycles. The third-order valence-electron chi connectivity index (χ3n) is 4.78. The van der Waals surface area contributed by atoms with Gasteiger partial charge in [-0.05, 0) is 24.3 Å². The molecule has 31 heavy (non-hydrogen) atoms. The van der Waals surface area contributed by atoms with E-state index in [4.69, 9.17) is 0 Å². The maximum absolute atomic E-state index is 13.3. The van der Waals surface area contributed by atoms with Crippen LogP contribution in [0, 0.1) is 23.3 Å². The summed E-state index contributed by atoms with van der Waals surface area (Å²) in [7, 11) is 0. The number of halogens is 4. The van der Waals surface area contributed by atoms with Crippen LogP contribution in [0.5, 0.6) is 0 Å². The molecule has 1 aliphatic rings. The van der Waals surface area contributed by atoms with Crippen molar-refractivity contribution in [1.82, 2.24) is 15.1 Å². The third-order valence-corrected chi connectivity index (χ3v) is 4.78. The van der Waals surface area contributed by atoms with Crippen molar-refractivity contribution in [3.8, 4) is 0 Å². The summed E-state index contributed by atoms with van der Waals surface area (Å²) in [6, 6.07) is 5.01. The summed E-state index contributed by atoms with van der Waals surface area (Å²) >= 11 is 0. The van der Waals surface area contributed by atoms with Crippen molar-refractivity contribution >= 4 is 17.7 Å². The summed E-state index contributed by atoms with van der Waals surface area (Å²) in [6.45, 7) is 0.809. The van der Waals surface area contributed by atoms with Gasteiger partial charge in [0.05, 0.1) is 0 Å². The number of benzene rings is 2.